The highest BCUT2D eigenvalue weighted by atomic mass is 19.4. The summed E-state index contributed by atoms with van der Waals surface area (Å²) in [6.07, 6.45) is 0.986. The summed E-state index contributed by atoms with van der Waals surface area (Å²) in [4.78, 5) is 7.99. The summed E-state index contributed by atoms with van der Waals surface area (Å²) < 4.78 is 39.9. The number of nitrogens with one attached hydrogen (secondary N) is 1. The normalized spacial score (nSPS) is 14.5. The fourth-order valence-corrected chi connectivity index (χ4v) is 4.31. The number of aromatic amines is 1. The first-order chi connectivity index (χ1) is 13.4. The molecule has 0 saturated heterocycles. The second-order valence-electron chi connectivity index (χ2n) is 7.25. The first-order valence-electron chi connectivity index (χ1n) is 9.25. The maximum Gasteiger partial charge on any atom is 0.419 e. The Bertz CT molecular complexity index is 1220. The number of fused-ring (bicyclic) bond motifs is 5. The van der Waals surface area contributed by atoms with E-state index in [9.17, 15) is 18.3 Å². The van der Waals surface area contributed by atoms with Crippen LogP contribution in [0, 0.1) is 0 Å². The smallest absolute Gasteiger partial charge is 0.419 e. The minimum absolute atomic E-state index is 0.388. The van der Waals surface area contributed by atoms with Crippen LogP contribution in [-0.4, -0.2) is 15.1 Å². The number of aryl methyl sites for hydroxylation is 1. The van der Waals surface area contributed by atoms with E-state index in [0.29, 0.717) is 11.3 Å². The molecule has 0 saturated carbocycles. The van der Waals surface area contributed by atoms with E-state index >= 15 is 0 Å². The molecule has 0 spiro atoms. The number of rotatable bonds is 1. The molecule has 0 aliphatic heterocycles. The van der Waals surface area contributed by atoms with Crippen molar-refractivity contribution in [2.24, 2.45) is 0 Å². The number of hydrogen-bond acceptors (Lipinski definition) is 2. The third kappa shape index (κ3) is 2.55. The molecule has 0 fully saturated rings. The molecule has 5 rings (SSSR count). The lowest BCUT2D eigenvalue weighted by molar-refractivity contribution is -0.138. The fraction of sp³-hybridized carbons (Fsp3) is 0.227. The van der Waals surface area contributed by atoms with Crippen molar-refractivity contribution in [3.63, 3.8) is 0 Å². The molecule has 6 heteroatoms. The molecule has 0 unspecified atom stereocenters. The van der Waals surface area contributed by atoms with Crippen LogP contribution in [0.4, 0.5) is 13.2 Å². The zero-order valence-corrected chi connectivity index (χ0v) is 14.9. The van der Waals surface area contributed by atoms with Crippen molar-refractivity contribution < 1.29 is 18.3 Å². The summed E-state index contributed by atoms with van der Waals surface area (Å²) in [5.41, 5.74) is 3.95. The van der Waals surface area contributed by atoms with Gasteiger partial charge < -0.3 is 10.1 Å². The zero-order chi connectivity index (χ0) is 19.5. The van der Waals surface area contributed by atoms with Crippen LogP contribution >= 0.6 is 0 Å². The Morgan fingerprint density at radius 3 is 2.54 bits per heavy atom. The van der Waals surface area contributed by atoms with Crippen molar-refractivity contribution in [2.75, 3.05) is 0 Å². The number of alkyl halides is 3. The van der Waals surface area contributed by atoms with Crippen LogP contribution in [0.3, 0.4) is 0 Å². The molecule has 2 N–H and O–H groups in total. The van der Waals surface area contributed by atoms with Crippen molar-refractivity contribution in [2.45, 2.75) is 31.9 Å². The minimum Gasteiger partial charge on any atom is -0.507 e. The van der Waals surface area contributed by atoms with Gasteiger partial charge in [-0.2, -0.15) is 13.2 Å². The van der Waals surface area contributed by atoms with Gasteiger partial charge in [-0.1, -0.05) is 0 Å². The van der Waals surface area contributed by atoms with Crippen molar-refractivity contribution in [3.8, 4) is 17.0 Å². The number of phenolic OH excluding ortho intramolecular Hbond substituents is 1. The predicted octanol–water partition coefficient (Wildman–Crippen LogP) is 5.99. The molecule has 2 aromatic carbocycles. The van der Waals surface area contributed by atoms with Crippen molar-refractivity contribution in [3.05, 3.63) is 59.3 Å². The lowest BCUT2D eigenvalue weighted by Crippen LogP contribution is -2.09. The average molecular weight is 382 g/mol. The Kier molecular flexibility index (Phi) is 3.66. The van der Waals surface area contributed by atoms with Gasteiger partial charge in [0.1, 0.15) is 5.75 Å². The van der Waals surface area contributed by atoms with Crippen LogP contribution in [0.25, 0.3) is 33.1 Å². The number of halogens is 3. The Hall–Kier alpha value is -3.02. The summed E-state index contributed by atoms with van der Waals surface area (Å²) in [6.45, 7) is 0. The topological polar surface area (TPSA) is 48.9 Å². The molecule has 2 heterocycles. The number of pyridine rings is 1. The van der Waals surface area contributed by atoms with E-state index in [4.69, 9.17) is 4.98 Å². The molecule has 0 radical (unpaired) electrons. The molecule has 1 aliphatic rings. The van der Waals surface area contributed by atoms with E-state index in [1.165, 1.54) is 11.6 Å². The van der Waals surface area contributed by atoms with Gasteiger partial charge in [0.25, 0.3) is 0 Å². The SMILES string of the molecule is Oc1ccc(-c2nc3ccc4[nH]ccc4c3c3c2CCCC3)cc1C(F)(F)F. The molecule has 3 nitrogen and oxygen atoms in total. The monoisotopic (exact) mass is 382 g/mol. The zero-order valence-electron chi connectivity index (χ0n) is 14.9. The van der Waals surface area contributed by atoms with Crippen LogP contribution in [0.15, 0.2) is 42.6 Å². The predicted molar refractivity (Wildman–Crippen MR) is 102 cm³/mol. The van der Waals surface area contributed by atoms with Gasteiger partial charge in [0.15, 0.2) is 0 Å². The van der Waals surface area contributed by atoms with E-state index in [1.807, 2.05) is 24.4 Å². The Morgan fingerprint density at radius 2 is 1.75 bits per heavy atom. The summed E-state index contributed by atoms with van der Waals surface area (Å²) in [7, 11) is 0. The number of nitrogens with zero attached hydrogens (tertiary/aromatic N) is 1. The largest absolute Gasteiger partial charge is 0.507 e. The Morgan fingerprint density at radius 1 is 0.964 bits per heavy atom. The van der Waals surface area contributed by atoms with Crippen LogP contribution in [0.1, 0.15) is 29.5 Å². The molecule has 1 aliphatic carbocycles. The third-order valence-corrected chi connectivity index (χ3v) is 5.58. The van der Waals surface area contributed by atoms with Crippen LogP contribution in [-0.2, 0) is 19.0 Å². The van der Waals surface area contributed by atoms with E-state index in [-0.39, 0.29) is 0 Å². The molecule has 28 heavy (non-hydrogen) atoms. The number of hydrogen-bond donors (Lipinski definition) is 2. The van der Waals surface area contributed by atoms with Gasteiger partial charge in [-0.15, -0.1) is 0 Å². The van der Waals surface area contributed by atoms with Gasteiger partial charge in [0.2, 0.25) is 0 Å². The maximum atomic E-state index is 13.3. The number of H-pyrrole nitrogens is 1. The first kappa shape index (κ1) is 17.1. The third-order valence-electron chi connectivity index (χ3n) is 5.58. The highest BCUT2D eigenvalue weighted by Gasteiger charge is 2.34. The summed E-state index contributed by atoms with van der Waals surface area (Å²) in [6, 6.07) is 9.51. The Labute approximate surface area is 158 Å². The van der Waals surface area contributed by atoms with Crippen molar-refractivity contribution in [1.29, 1.82) is 0 Å². The van der Waals surface area contributed by atoms with Gasteiger partial charge in [-0.25, -0.2) is 4.98 Å². The fourth-order valence-electron chi connectivity index (χ4n) is 4.31. The quantitative estimate of drug-likeness (QED) is 0.425. The summed E-state index contributed by atoms with van der Waals surface area (Å²) >= 11 is 0. The molecule has 4 aromatic rings. The summed E-state index contributed by atoms with van der Waals surface area (Å²) in [5.74, 6) is -0.764. The molecular formula is C22H17F3N2O. The van der Waals surface area contributed by atoms with Gasteiger partial charge >= 0.3 is 6.18 Å². The maximum absolute atomic E-state index is 13.3. The number of aromatic hydroxyl groups is 1. The first-order valence-corrected chi connectivity index (χ1v) is 9.25. The average Bonchev–Trinajstić information content (AvgIpc) is 3.15. The molecule has 142 valence electrons. The number of benzene rings is 2. The second-order valence-corrected chi connectivity index (χ2v) is 7.25. The number of phenols is 1. The van der Waals surface area contributed by atoms with Crippen LogP contribution < -0.4 is 0 Å². The van der Waals surface area contributed by atoms with Crippen molar-refractivity contribution in [1.82, 2.24) is 9.97 Å². The molecule has 0 atom stereocenters. The van der Waals surface area contributed by atoms with Crippen LogP contribution in [0.2, 0.25) is 0 Å². The number of aromatic nitrogens is 2. The standard InChI is InChI=1S/C22H17F3N2O/c23-22(24,25)16-11-12(5-8-19(16)28)21-14-4-2-1-3-13(14)20-15-9-10-26-17(15)6-7-18(20)27-21/h5-11,26,28H,1-4H2. The van der Waals surface area contributed by atoms with E-state index < -0.39 is 17.5 Å². The summed E-state index contributed by atoms with van der Waals surface area (Å²) in [5, 5.41) is 11.9. The van der Waals surface area contributed by atoms with Gasteiger partial charge in [-0.3, -0.25) is 0 Å². The molecular weight excluding hydrogens is 365 g/mol. The molecule has 0 bridgehead atoms. The molecule has 2 aromatic heterocycles. The van der Waals surface area contributed by atoms with Gasteiger partial charge in [0.05, 0.1) is 16.8 Å². The second kappa shape index (κ2) is 5.99. The molecule has 0 amide bonds. The van der Waals surface area contributed by atoms with Crippen molar-refractivity contribution >= 4 is 21.8 Å². The van der Waals surface area contributed by atoms with E-state index in [2.05, 4.69) is 4.98 Å². The Balaban J connectivity index is 1.83. The van der Waals surface area contributed by atoms with Gasteiger partial charge in [0, 0.05) is 28.0 Å². The lowest BCUT2D eigenvalue weighted by atomic mass is 9.85. The highest BCUT2D eigenvalue weighted by molar-refractivity contribution is 6.08. The van der Waals surface area contributed by atoms with Crippen LogP contribution in [0.5, 0.6) is 5.75 Å². The highest BCUT2D eigenvalue weighted by Crippen LogP contribution is 2.41. The lowest BCUT2D eigenvalue weighted by Gasteiger charge is -2.22. The van der Waals surface area contributed by atoms with E-state index in [0.717, 1.165) is 65.2 Å². The minimum atomic E-state index is -4.62. The van der Waals surface area contributed by atoms with Gasteiger partial charge in [-0.05, 0) is 73.2 Å². The van der Waals surface area contributed by atoms with E-state index in [1.54, 1.807) is 0 Å².